The van der Waals surface area contributed by atoms with E-state index in [-0.39, 0.29) is 5.78 Å². The fraction of sp³-hybridized carbons (Fsp3) is 0.0435. The van der Waals surface area contributed by atoms with Crippen molar-refractivity contribution in [3.05, 3.63) is 112 Å². The number of hydrogen-bond acceptors (Lipinski definition) is 1. The van der Waals surface area contributed by atoms with Gasteiger partial charge in [-0.05, 0) is 47.9 Å². The zero-order valence-corrected chi connectivity index (χ0v) is 15.9. The molecule has 132 valence electrons. The van der Waals surface area contributed by atoms with Crippen LogP contribution in [0.25, 0.3) is 10.8 Å². The maximum Gasteiger partial charge on any atom is 0.246 e. The van der Waals surface area contributed by atoms with E-state index in [0.29, 0.717) is 15.6 Å². The summed E-state index contributed by atoms with van der Waals surface area (Å²) in [6.45, 7) is 0. The Bertz CT molecular complexity index is 1110. The Hall–Kier alpha value is -2.68. The highest BCUT2D eigenvalue weighted by molar-refractivity contribution is 6.31. The molecule has 0 aliphatic carbocycles. The van der Waals surface area contributed by atoms with Crippen LogP contribution in [0.15, 0.2) is 91.3 Å². The van der Waals surface area contributed by atoms with E-state index in [4.69, 9.17) is 23.2 Å². The van der Waals surface area contributed by atoms with E-state index in [9.17, 15) is 4.79 Å². The third kappa shape index (κ3) is 3.73. The van der Waals surface area contributed by atoms with Crippen LogP contribution in [0, 0.1) is 0 Å². The second kappa shape index (κ2) is 7.51. The number of fused-ring (bicyclic) bond motifs is 1. The number of rotatable bonds is 4. The smallest absolute Gasteiger partial charge is 0.246 e. The average molecular weight is 393 g/mol. The Kier molecular flexibility index (Phi) is 4.93. The number of halogens is 2. The highest BCUT2D eigenvalue weighted by Crippen LogP contribution is 2.22. The molecule has 0 spiro atoms. The van der Waals surface area contributed by atoms with Crippen LogP contribution in [0.2, 0.25) is 10.0 Å². The summed E-state index contributed by atoms with van der Waals surface area (Å²) >= 11 is 12.0. The minimum Gasteiger partial charge on any atom is -0.286 e. The van der Waals surface area contributed by atoms with Gasteiger partial charge in [0, 0.05) is 32.6 Å². The van der Waals surface area contributed by atoms with Gasteiger partial charge in [0.05, 0.1) is 0 Å². The molecule has 2 nitrogen and oxygen atoms in total. The predicted molar refractivity (Wildman–Crippen MR) is 110 cm³/mol. The fourth-order valence-electron chi connectivity index (χ4n) is 3.19. The van der Waals surface area contributed by atoms with E-state index in [1.54, 1.807) is 36.4 Å². The quantitative estimate of drug-likeness (QED) is 0.312. The second-order valence-electron chi connectivity index (χ2n) is 6.35. The van der Waals surface area contributed by atoms with Crippen LogP contribution in [0.5, 0.6) is 0 Å². The predicted octanol–water partition coefficient (Wildman–Crippen LogP) is 5.91. The summed E-state index contributed by atoms with van der Waals surface area (Å²) in [5.41, 5.74) is 1.49. The highest BCUT2D eigenvalue weighted by atomic mass is 35.5. The Balaban J connectivity index is 1.85. The molecule has 1 heterocycles. The molecule has 0 amide bonds. The summed E-state index contributed by atoms with van der Waals surface area (Å²) in [6, 6.07) is 24.0. The molecule has 4 rings (SSSR count). The number of carbonyl (C=O) groups excluding carboxylic acids is 1. The number of hydrogen-bond donors (Lipinski definition) is 0. The van der Waals surface area contributed by atoms with Gasteiger partial charge in [-0.2, -0.15) is 4.57 Å². The molecular formula is C23H16Cl2NO+. The van der Waals surface area contributed by atoms with Crippen molar-refractivity contribution in [2.24, 2.45) is 0 Å². The molecule has 1 unspecified atom stereocenters. The van der Waals surface area contributed by atoms with Crippen molar-refractivity contribution in [2.75, 3.05) is 0 Å². The number of ketones is 1. The SMILES string of the molecule is O=C(c1ccc(Cl)cc1)C(c1ccc(Cl)cc1)[n+]1ccc2ccccc2c1. The third-order valence-electron chi connectivity index (χ3n) is 4.57. The first-order valence-corrected chi connectivity index (χ1v) is 9.32. The van der Waals surface area contributed by atoms with Crippen molar-refractivity contribution in [2.45, 2.75) is 6.04 Å². The first kappa shape index (κ1) is 17.7. The van der Waals surface area contributed by atoms with Crippen molar-refractivity contribution >= 4 is 39.8 Å². The van der Waals surface area contributed by atoms with Crippen molar-refractivity contribution < 1.29 is 9.36 Å². The molecule has 0 aliphatic rings. The molecule has 0 bridgehead atoms. The van der Waals surface area contributed by atoms with Crippen molar-refractivity contribution in [3.8, 4) is 0 Å². The molecular weight excluding hydrogens is 377 g/mol. The Morgan fingerprint density at radius 2 is 1.33 bits per heavy atom. The molecule has 27 heavy (non-hydrogen) atoms. The van der Waals surface area contributed by atoms with Crippen LogP contribution >= 0.6 is 23.2 Å². The van der Waals surface area contributed by atoms with Crippen LogP contribution < -0.4 is 4.57 Å². The van der Waals surface area contributed by atoms with Crippen LogP contribution in [-0.4, -0.2) is 5.78 Å². The summed E-state index contributed by atoms with van der Waals surface area (Å²) in [5.74, 6) is -0.00531. The van der Waals surface area contributed by atoms with Gasteiger partial charge in [0.1, 0.15) is 0 Å². The van der Waals surface area contributed by atoms with E-state index in [0.717, 1.165) is 16.3 Å². The lowest BCUT2D eigenvalue weighted by Crippen LogP contribution is -2.44. The minimum absolute atomic E-state index is 0.00531. The first-order valence-electron chi connectivity index (χ1n) is 8.56. The number of Topliss-reactive ketones (excluding diaryl/α,β-unsaturated/α-hetero) is 1. The molecule has 0 saturated carbocycles. The molecule has 0 fully saturated rings. The third-order valence-corrected chi connectivity index (χ3v) is 5.08. The summed E-state index contributed by atoms with van der Waals surface area (Å²) in [4.78, 5) is 13.4. The Labute approximate surface area is 167 Å². The monoisotopic (exact) mass is 392 g/mol. The molecule has 4 heteroatoms. The van der Waals surface area contributed by atoms with E-state index < -0.39 is 6.04 Å². The largest absolute Gasteiger partial charge is 0.286 e. The van der Waals surface area contributed by atoms with Crippen molar-refractivity contribution in [3.63, 3.8) is 0 Å². The molecule has 3 aromatic carbocycles. The maximum atomic E-state index is 13.4. The lowest BCUT2D eigenvalue weighted by atomic mass is 9.96. The average Bonchev–Trinajstić information content (AvgIpc) is 2.70. The second-order valence-corrected chi connectivity index (χ2v) is 7.22. The molecule has 1 aromatic heterocycles. The number of nitrogens with zero attached hydrogens (tertiary/aromatic N) is 1. The van der Waals surface area contributed by atoms with Gasteiger partial charge in [-0.3, -0.25) is 4.79 Å². The number of pyridine rings is 1. The number of benzene rings is 3. The zero-order valence-electron chi connectivity index (χ0n) is 14.3. The normalized spacial score (nSPS) is 12.1. The minimum atomic E-state index is -0.493. The van der Waals surface area contributed by atoms with Crippen molar-refractivity contribution in [1.29, 1.82) is 0 Å². The lowest BCUT2D eigenvalue weighted by Gasteiger charge is -2.13. The van der Waals surface area contributed by atoms with E-state index in [1.807, 2.05) is 53.4 Å². The van der Waals surface area contributed by atoms with Crippen molar-refractivity contribution in [1.82, 2.24) is 0 Å². The number of aromatic nitrogens is 1. The molecule has 0 radical (unpaired) electrons. The van der Waals surface area contributed by atoms with Gasteiger partial charge in [0.25, 0.3) is 0 Å². The van der Waals surface area contributed by atoms with Crippen LogP contribution in [0.1, 0.15) is 22.0 Å². The summed E-state index contributed by atoms with van der Waals surface area (Å²) in [6.07, 6.45) is 3.94. The van der Waals surface area contributed by atoms with Gasteiger partial charge in [-0.1, -0.05) is 53.5 Å². The molecule has 0 saturated heterocycles. The van der Waals surface area contributed by atoms with Gasteiger partial charge >= 0.3 is 0 Å². The van der Waals surface area contributed by atoms with Gasteiger partial charge in [0.15, 0.2) is 12.4 Å². The fourth-order valence-corrected chi connectivity index (χ4v) is 3.44. The van der Waals surface area contributed by atoms with E-state index in [1.165, 1.54) is 0 Å². The van der Waals surface area contributed by atoms with E-state index >= 15 is 0 Å². The number of carbonyl (C=O) groups is 1. The van der Waals surface area contributed by atoms with Crippen LogP contribution in [0.3, 0.4) is 0 Å². The van der Waals surface area contributed by atoms with Gasteiger partial charge in [-0.25, -0.2) is 0 Å². The summed E-state index contributed by atoms with van der Waals surface area (Å²) < 4.78 is 1.95. The first-order chi connectivity index (χ1) is 13.1. The molecule has 0 aliphatic heterocycles. The molecule has 1 atom stereocenters. The maximum absolute atomic E-state index is 13.4. The standard InChI is InChI=1S/C23H16Cl2NO/c24-20-9-5-17(6-10-20)22(23(27)18-7-11-21(25)12-8-18)26-14-13-16-3-1-2-4-19(16)15-26/h1-15,22H/q+1. The van der Waals surface area contributed by atoms with Crippen LogP contribution in [0.4, 0.5) is 0 Å². The summed E-state index contributed by atoms with van der Waals surface area (Å²) in [7, 11) is 0. The Morgan fingerprint density at radius 3 is 2.00 bits per heavy atom. The van der Waals surface area contributed by atoms with E-state index in [2.05, 4.69) is 6.07 Å². The van der Waals surface area contributed by atoms with Gasteiger partial charge in [0.2, 0.25) is 11.8 Å². The molecule has 0 N–H and O–H groups in total. The molecule has 4 aromatic rings. The topological polar surface area (TPSA) is 20.9 Å². The Morgan fingerprint density at radius 1 is 0.741 bits per heavy atom. The van der Waals surface area contributed by atoms with Gasteiger partial charge in [-0.15, -0.1) is 0 Å². The van der Waals surface area contributed by atoms with Gasteiger partial charge < -0.3 is 0 Å². The summed E-state index contributed by atoms with van der Waals surface area (Å²) in [5, 5.41) is 3.44. The highest BCUT2D eigenvalue weighted by Gasteiger charge is 2.30. The van der Waals surface area contributed by atoms with Crippen LogP contribution in [-0.2, 0) is 0 Å². The lowest BCUT2D eigenvalue weighted by molar-refractivity contribution is -0.697. The zero-order chi connectivity index (χ0) is 18.8.